The van der Waals surface area contributed by atoms with Crippen molar-refractivity contribution >= 4 is 11.8 Å². The van der Waals surface area contributed by atoms with Gasteiger partial charge in [-0.05, 0) is 49.9 Å². The highest BCUT2D eigenvalue weighted by atomic mass is 19.1. The van der Waals surface area contributed by atoms with Gasteiger partial charge >= 0.3 is 6.09 Å². The van der Waals surface area contributed by atoms with E-state index in [0.717, 1.165) is 0 Å². The van der Waals surface area contributed by atoms with Crippen LogP contribution in [0.1, 0.15) is 46.1 Å². The number of ether oxygens (including phenoxy) is 1. The molecule has 2 atom stereocenters. The van der Waals surface area contributed by atoms with E-state index in [1.807, 2.05) is 13.8 Å². The van der Waals surface area contributed by atoms with E-state index < -0.39 is 11.7 Å². The fraction of sp³-hybridized carbons (Fsp3) is 0.562. The van der Waals surface area contributed by atoms with Crippen molar-refractivity contribution in [2.75, 3.05) is 5.32 Å². The Hall–Kier alpha value is -1.62. The molecule has 0 bridgehead atoms. The quantitative estimate of drug-likeness (QED) is 0.875. The van der Waals surface area contributed by atoms with E-state index in [1.54, 1.807) is 26.8 Å². The lowest BCUT2D eigenvalue weighted by Crippen LogP contribution is -2.27. The van der Waals surface area contributed by atoms with E-state index in [2.05, 4.69) is 5.32 Å². The van der Waals surface area contributed by atoms with Crippen LogP contribution in [0.4, 0.5) is 14.9 Å². The van der Waals surface area contributed by atoms with Gasteiger partial charge in [-0.3, -0.25) is 5.32 Å². The molecule has 1 amide bonds. The number of halogens is 1. The van der Waals surface area contributed by atoms with Gasteiger partial charge in [-0.1, -0.05) is 13.8 Å². The lowest BCUT2D eigenvalue weighted by molar-refractivity contribution is 0.0636. The molecule has 3 N–H and O–H groups in total. The SMILES string of the molecule is CC(C)(C)OC(=O)Nc1ccc(F)c([C@H]2[C@H](N)C2(C)C)c1. The number of amides is 1. The van der Waals surface area contributed by atoms with Crippen LogP contribution in [0.5, 0.6) is 0 Å². The van der Waals surface area contributed by atoms with Gasteiger partial charge in [0.05, 0.1) is 0 Å². The van der Waals surface area contributed by atoms with Crippen molar-refractivity contribution in [3.8, 4) is 0 Å². The van der Waals surface area contributed by atoms with Gasteiger partial charge in [0.25, 0.3) is 0 Å². The van der Waals surface area contributed by atoms with Crippen molar-refractivity contribution in [2.24, 2.45) is 11.1 Å². The fourth-order valence-electron chi connectivity index (χ4n) is 2.55. The summed E-state index contributed by atoms with van der Waals surface area (Å²) in [5, 5.41) is 2.62. The minimum absolute atomic E-state index is 0.0297. The molecule has 0 unspecified atom stereocenters. The van der Waals surface area contributed by atoms with Gasteiger partial charge < -0.3 is 10.5 Å². The summed E-state index contributed by atoms with van der Waals surface area (Å²) >= 11 is 0. The molecule has 1 aliphatic carbocycles. The van der Waals surface area contributed by atoms with Crippen LogP contribution in [0.3, 0.4) is 0 Å². The average Bonchev–Trinajstić information content (AvgIpc) is 2.78. The average molecular weight is 294 g/mol. The number of anilines is 1. The number of hydrogen-bond acceptors (Lipinski definition) is 3. The van der Waals surface area contributed by atoms with Crippen molar-refractivity contribution in [1.29, 1.82) is 0 Å². The molecule has 1 aromatic carbocycles. The number of rotatable bonds is 2. The molecule has 1 aromatic rings. The summed E-state index contributed by atoms with van der Waals surface area (Å²) < 4.78 is 19.2. The Balaban J connectivity index is 2.15. The number of benzene rings is 1. The Morgan fingerprint density at radius 1 is 1.38 bits per heavy atom. The van der Waals surface area contributed by atoms with Gasteiger partial charge in [0, 0.05) is 17.6 Å². The van der Waals surface area contributed by atoms with E-state index in [9.17, 15) is 9.18 Å². The third-order valence-corrected chi connectivity index (χ3v) is 3.89. The second-order valence-corrected chi connectivity index (χ2v) is 7.19. The maximum absolute atomic E-state index is 14.0. The Kier molecular flexibility index (Phi) is 3.74. The molecule has 0 aliphatic heterocycles. The van der Waals surface area contributed by atoms with E-state index >= 15 is 0 Å². The smallest absolute Gasteiger partial charge is 0.412 e. The van der Waals surface area contributed by atoms with E-state index in [-0.39, 0.29) is 23.2 Å². The molecule has 0 aromatic heterocycles. The van der Waals surface area contributed by atoms with Crippen LogP contribution >= 0.6 is 0 Å². The summed E-state index contributed by atoms with van der Waals surface area (Å²) in [5.41, 5.74) is 6.36. The third kappa shape index (κ3) is 3.35. The number of hydrogen-bond donors (Lipinski definition) is 2. The molecule has 0 saturated heterocycles. The second-order valence-electron chi connectivity index (χ2n) is 7.19. The van der Waals surface area contributed by atoms with E-state index in [1.165, 1.54) is 12.1 Å². The molecule has 21 heavy (non-hydrogen) atoms. The number of carbonyl (C=O) groups is 1. The molecule has 4 nitrogen and oxygen atoms in total. The van der Waals surface area contributed by atoms with Gasteiger partial charge in [-0.15, -0.1) is 0 Å². The highest BCUT2D eigenvalue weighted by Crippen LogP contribution is 2.58. The highest BCUT2D eigenvalue weighted by Gasteiger charge is 2.57. The van der Waals surface area contributed by atoms with Gasteiger partial charge in [-0.25, -0.2) is 9.18 Å². The largest absolute Gasteiger partial charge is 0.444 e. The highest BCUT2D eigenvalue weighted by molar-refractivity contribution is 5.85. The molecule has 2 rings (SSSR count). The normalized spacial score (nSPS) is 23.6. The maximum atomic E-state index is 14.0. The number of nitrogens with one attached hydrogen (secondary N) is 1. The molecule has 0 heterocycles. The minimum Gasteiger partial charge on any atom is -0.444 e. The lowest BCUT2D eigenvalue weighted by Gasteiger charge is -2.20. The van der Waals surface area contributed by atoms with Gasteiger partial charge in [0.15, 0.2) is 0 Å². The zero-order chi connectivity index (χ0) is 16.0. The lowest BCUT2D eigenvalue weighted by atomic mass is 10.0. The molecule has 5 heteroatoms. The monoisotopic (exact) mass is 294 g/mol. The predicted octanol–water partition coefficient (Wildman–Crippen LogP) is 3.62. The van der Waals surface area contributed by atoms with Crippen LogP contribution < -0.4 is 11.1 Å². The summed E-state index contributed by atoms with van der Waals surface area (Å²) in [6.07, 6.45) is -0.556. The molecule has 116 valence electrons. The third-order valence-electron chi connectivity index (χ3n) is 3.89. The first-order valence-corrected chi connectivity index (χ1v) is 7.07. The second kappa shape index (κ2) is 4.98. The zero-order valence-electron chi connectivity index (χ0n) is 13.2. The van der Waals surface area contributed by atoms with Crippen LogP contribution in [0.15, 0.2) is 18.2 Å². The van der Waals surface area contributed by atoms with Gasteiger partial charge in [0.2, 0.25) is 0 Å². The summed E-state index contributed by atoms with van der Waals surface area (Å²) in [6, 6.07) is 4.44. The molecular formula is C16H23FN2O2. The first-order chi connectivity index (χ1) is 9.52. The minimum atomic E-state index is -0.576. The Morgan fingerprint density at radius 2 is 1.95 bits per heavy atom. The molecule has 0 spiro atoms. The maximum Gasteiger partial charge on any atom is 0.412 e. The predicted molar refractivity (Wildman–Crippen MR) is 80.8 cm³/mol. The van der Waals surface area contributed by atoms with E-state index in [0.29, 0.717) is 11.3 Å². The van der Waals surface area contributed by atoms with Crippen molar-refractivity contribution in [3.63, 3.8) is 0 Å². The summed E-state index contributed by atoms with van der Waals surface area (Å²) in [6.45, 7) is 9.38. The van der Waals surface area contributed by atoms with Gasteiger partial charge in [0.1, 0.15) is 11.4 Å². The molecule has 0 radical (unpaired) electrons. The van der Waals surface area contributed by atoms with Crippen molar-refractivity contribution < 1.29 is 13.9 Å². The van der Waals surface area contributed by atoms with Crippen LogP contribution in [-0.4, -0.2) is 17.7 Å². The Labute approximate surface area is 124 Å². The van der Waals surface area contributed by atoms with Crippen LogP contribution in [0.25, 0.3) is 0 Å². The van der Waals surface area contributed by atoms with Crippen LogP contribution in [-0.2, 0) is 4.74 Å². The Morgan fingerprint density at radius 3 is 2.43 bits per heavy atom. The Bertz CT molecular complexity index is 564. The number of nitrogens with two attached hydrogens (primary N) is 1. The molecular weight excluding hydrogens is 271 g/mol. The summed E-state index contributed by atoms with van der Waals surface area (Å²) in [5.74, 6) is -0.325. The topological polar surface area (TPSA) is 64.3 Å². The van der Waals surface area contributed by atoms with Crippen LogP contribution in [0.2, 0.25) is 0 Å². The molecule has 1 saturated carbocycles. The molecule has 1 aliphatic rings. The summed E-state index contributed by atoms with van der Waals surface area (Å²) in [7, 11) is 0. The van der Waals surface area contributed by atoms with Gasteiger partial charge in [-0.2, -0.15) is 0 Å². The van der Waals surface area contributed by atoms with Crippen molar-refractivity contribution in [3.05, 3.63) is 29.6 Å². The number of carbonyl (C=O) groups excluding carboxylic acids is 1. The van der Waals surface area contributed by atoms with Crippen molar-refractivity contribution in [2.45, 2.75) is 52.2 Å². The first kappa shape index (κ1) is 15.8. The summed E-state index contributed by atoms with van der Waals surface area (Å²) in [4.78, 5) is 11.7. The van der Waals surface area contributed by atoms with Crippen LogP contribution in [0, 0.1) is 11.2 Å². The fourth-order valence-corrected chi connectivity index (χ4v) is 2.55. The standard InChI is InChI=1S/C16H23FN2O2/c1-15(2,3)21-14(20)19-9-6-7-11(17)10(8-9)12-13(18)16(12,4)5/h6-8,12-13H,18H2,1-5H3,(H,19,20)/t12-,13-/m0/s1. The van der Waals surface area contributed by atoms with E-state index in [4.69, 9.17) is 10.5 Å². The first-order valence-electron chi connectivity index (χ1n) is 7.07. The molecule has 1 fully saturated rings. The van der Waals surface area contributed by atoms with Crippen molar-refractivity contribution in [1.82, 2.24) is 0 Å². The zero-order valence-corrected chi connectivity index (χ0v) is 13.2.